The third kappa shape index (κ3) is 5.73. The molecule has 10 heteroatoms. The number of benzene rings is 4. The van der Waals surface area contributed by atoms with Crippen molar-refractivity contribution < 1.29 is 0 Å². The Hall–Kier alpha value is -8.76. The van der Waals surface area contributed by atoms with E-state index in [0.717, 1.165) is 102 Å². The third-order valence-electron chi connectivity index (χ3n) is 12.3. The molecule has 1 aliphatic rings. The summed E-state index contributed by atoms with van der Waals surface area (Å²) in [5.41, 5.74) is 15.0. The summed E-state index contributed by atoms with van der Waals surface area (Å²) in [4.78, 5) is 39.8. The van der Waals surface area contributed by atoms with Gasteiger partial charge in [0.1, 0.15) is 0 Å². The Morgan fingerprint density at radius 1 is 0.328 bits per heavy atom. The molecule has 8 aromatic heterocycles. The predicted molar refractivity (Wildman–Crippen MR) is 252 cm³/mol. The molecule has 0 bridgehead atoms. The Labute approximate surface area is 366 Å². The van der Waals surface area contributed by atoms with Gasteiger partial charge in [-0.15, -0.1) is 0 Å². The van der Waals surface area contributed by atoms with Gasteiger partial charge in [0, 0.05) is 46.3 Å². The quantitative estimate of drug-likeness (QED) is 0.163. The Morgan fingerprint density at radius 3 is 1.31 bits per heavy atom. The lowest BCUT2D eigenvalue weighted by atomic mass is 9.83. The number of nitrogens with zero attached hydrogens (tertiary/aromatic N) is 10. The number of hydrogen-bond acceptors (Lipinski definition) is 8. The molecule has 64 heavy (non-hydrogen) atoms. The van der Waals surface area contributed by atoms with E-state index in [4.69, 9.17) is 29.9 Å². The second kappa shape index (κ2) is 14.4. The van der Waals surface area contributed by atoms with Crippen LogP contribution in [-0.2, 0) is 12.8 Å². The summed E-state index contributed by atoms with van der Waals surface area (Å²) in [6, 6.07) is 53.8. The van der Waals surface area contributed by atoms with Crippen molar-refractivity contribution >= 4 is 43.6 Å². The standard InChI is InChI=1S/C54H34N10/c1-4-20-50-35(13-1)38-24-23-34-37(52(38)64(50)54-61-47(43-17-7-11-27-57-43)32-48(62-54)44-18-8-12-28-58-44)22-21-33-29-40-36-14-2-3-19-49(36)63(51(40)30-39(33)34)53-59-45(41-15-5-9-25-55-41)31-46(60-53)42-16-6-10-26-56-42/h1-20,23-32H,21-22H2. The van der Waals surface area contributed by atoms with Crippen LogP contribution in [0.4, 0.5) is 0 Å². The first kappa shape index (κ1) is 35.9. The summed E-state index contributed by atoms with van der Waals surface area (Å²) in [5, 5.41) is 4.59. The molecule has 0 saturated carbocycles. The molecule has 4 aromatic carbocycles. The minimum atomic E-state index is 0.551. The van der Waals surface area contributed by atoms with Gasteiger partial charge in [0.2, 0.25) is 11.9 Å². The molecule has 0 atom stereocenters. The highest BCUT2D eigenvalue weighted by molar-refractivity contribution is 6.14. The average molecular weight is 823 g/mol. The SMILES string of the molecule is c1ccc(-c2cc(-c3ccccn3)nc(-n3c4ccccc4c4cc5c(cc43)-c3ccc4c6ccccc6n(-c6nc(-c7ccccn7)cc(-c7ccccn7)n6)c4c3CC5)n2)nc1. The molecular weight excluding hydrogens is 789 g/mol. The van der Waals surface area contributed by atoms with E-state index in [9.17, 15) is 0 Å². The Kier molecular flexibility index (Phi) is 8.10. The molecule has 0 aliphatic heterocycles. The largest absolute Gasteiger partial charge is 0.278 e. The highest BCUT2D eigenvalue weighted by Crippen LogP contribution is 2.45. The van der Waals surface area contributed by atoms with Gasteiger partial charge < -0.3 is 0 Å². The molecular formula is C54H34N10. The van der Waals surface area contributed by atoms with E-state index in [2.05, 4.69) is 91.9 Å². The molecule has 13 rings (SSSR count). The molecule has 10 nitrogen and oxygen atoms in total. The van der Waals surface area contributed by atoms with Gasteiger partial charge in [-0.1, -0.05) is 72.8 Å². The Bertz CT molecular complexity index is 3650. The van der Waals surface area contributed by atoms with Crippen LogP contribution >= 0.6 is 0 Å². The van der Waals surface area contributed by atoms with E-state index >= 15 is 0 Å². The summed E-state index contributed by atoms with van der Waals surface area (Å²) in [6.45, 7) is 0. The first-order valence-corrected chi connectivity index (χ1v) is 21.3. The van der Waals surface area contributed by atoms with Gasteiger partial charge in [0.15, 0.2) is 0 Å². The summed E-state index contributed by atoms with van der Waals surface area (Å²) >= 11 is 0. The van der Waals surface area contributed by atoms with Crippen LogP contribution in [0.3, 0.4) is 0 Å². The van der Waals surface area contributed by atoms with Gasteiger partial charge in [-0.25, -0.2) is 19.9 Å². The van der Waals surface area contributed by atoms with Crippen molar-refractivity contribution in [1.29, 1.82) is 0 Å². The Balaban J connectivity index is 1.06. The number of rotatable bonds is 6. The zero-order valence-corrected chi connectivity index (χ0v) is 34.2. The van der Waals surface area contributed by atoms with Gasteiger partial charge in [-0.05, 0) is 120 Å². The number of pyridine rings is 4. The van der Waals surface area contributed by atoms with Crippen molar-refractivity contribution in [2.45, 2.75) is 12.8 Å². The molecule has 0 amide bonds. The Morgan fingerprint density at radius 2 is 0.797 bits per heavy atom. The number of aromatic nitrogens is 10. The summed E-state index contributed by atoms with van der Waals surface area (Å²) in [5.74, 6) is 1.12. The van der Waals surface area contributed by atoms with Crippen molar-refractivity contribution in [3.05, 3.63) is 194 Å². The number of para-hydroxylation sites is 2. The maximum absolute atomic E-state index is 5.27. The number of aryl methyl sites for hydroxylation is 2. The monoisotopic (exact) mass is 822 g/mol. The molecule has 0 fully saturated rings. The van der Waals surface area contributed by atoms with Crippen LogP contribution in [0.15, 0.2) is 183 Å². The van der Waals surface area contributed by atoms with Crippen molar-refractivity contribution in [2.24, 2.45) is 0 Å². The van der Waals surface area contributed by atoms with Gasteiger partial charge in [0.05, 0.1) is 67.6 Å². The van der Waals surface area contributed by atoms with Crippen molar-refractivity contribution in [1.82, 2.24) is 49.0 Å². The van der Waals surface area contributed by atoms with Gasteiger partial charge >= 0.3 is 0 Å². The molecule has 12 aromatic rings. The minimum absolute atomic E-state index is 0.551. The lowest BCUT2D eigenvalue weighted by Gasteiger charge is -2.22. The zero-order chi connectivity index (χ0) is 42.1. The van der Waals surface area contributed by atoms with Gasteiger partial charge in [0.25, 0.3) is 0 Å². The van der Waals surface area contributed by atoms with Gasteiger partial charge in [-0.3, -0.25) is 29.1 Å². The smallest absolute Gasteiger partial charge is 0.235 e. The van der Waals surface area contributed by atoms with Crippen LogP contribution in [0.1, 0.15) is 11.1 Å². The van der Waals surface area contributed by atoms with Crippen molar-refractivity contribution in [3.63, 3.8) is 0 Å². The molecule has 0 saturated heterocycles. The second-order valence-corrected chi connectivity index (χ2v) is 16.0. The number of fused-ring (bicyclic) bond motifs is 10. The highest BCUT2D eigenvalue weighted by atomic mass is 15.2. The molecule has 0 radical (unpaired) electrons. The van der Waals surface area contributed by atoms with E-state index in [1.54, 1.807) is 24.8 Å². The van der Waals surface area contributed by atoms with Crippen LogP contribution < -0.4 is 0 Å². The van der Waals surface area contributed by atoms with Crippen LogP contribution in [0.5, 0.6) is 0 Å². The van der Waals surface area contributed by atoms with E-state index in [1.807, 2.05) is 84.9 Å². The van der Waals surface area contributed by atoms with Crippen LogP contribution in [0, 0.1) is 0 Å². The fraction of sp³-hybridized carbons (Fsp3) is 0.0370. The normalized spacial score (nSPS) is 12.2. The number of hydrogen-bond donors (Lipinski definition) is 0. The van der Waals surface area contributed by atoms with Crippen LogP contribution in [0.2, 0.25) is 0 Å². The first-order valence-electron chi connectivity index (χ1n) is 21.3. The summed E-state index contributed by atoms with van der Waals surface area (Å²) < 4.78 is 4.45. The van der Waals surface area contributed by atoms with E-state index in [1.165, 1.54) is 22.3 Å². The van der Waals surface area contributed by atoms with Crippen molar-refractivity contribution in [3.8, 4) is 68.6 Å². The van der Waals surface area contributed by atoms with E-state index in [0.29, 0.717) is 11.9 Å². The molecule has 0 unspecified atom stereocenters. The molecule has 0 spiro atoms. The fourth-order valence-electron chi connectivity index (χ4n) is 9.48. The second-order valence-electron chi connectivity index (χ2n) is 16.0. The summed E-state index contributed by atoms with van der Waals surface area (Å²) in [7, 11) is 0. The third-order valence-corrected chi connectivity index (χ3v) is 12.3. The van der Waals surface area contributed by atoms with E-state index in [-0.39, 0.29) is 0 Å². The molecule has 8 heterocycles. The van der Waals surface area contributed by atoms with Crippen molar-refractivity contribution in [2.75, 3.05) is 0 Å². The average Bonchev–Trinajstić information content (AvgIpc) is 3.89. The lowest BCUT2D eigenvalue weighted by Crippen LogP contribution is -2.09. The first-order chi connectivity index (χ1) is 31.7. The minimum Gasteiger partial charge on any atom is -0.278 e. The molecule has 300 valence electrons. The maximum atomic E-state index is 5.27. The fourth-order valence-corrected chi connectivity index (χ4v) is 9.48. The summed E-state index contributed by atoms with van der Waals surface area (Å²) in [6.07, 6.45) is 8.88. The van der Waals surface area contributed by atoms with Crippen LogP contribution in [-0.4, -0.2) is 49.0 Å². The van der Waals surface area contributed by atoms with E-state index < -0.39 is 0 Å². The predicted octanol–water partition coefficient (Wildman–Crippen LogP) is 11.5. The topological polar surface area (TPSA) is 113 Å². The van der Waals surface area contributed by atoms with Crippen LogP contribution in [0.25, 0.3) is 112 Å². The lowest BCUT2D eigenvalue weighted by molar-refractivity contribution is 0.930. The van der Waals surface area contributed by atoms with Gasteiger partial charge in [-0.2, -0.15) is 0 Å². The molecule has 0 N–H and O–H groups in total. The highest BCUT2D eigenvalue weighted by Gasteiger charge is 2.27. The molecule has 1 aliphatic carbocycles. The maximum Gasteiger partial charge on any atom is 0.235 e. The zero-order valence-electron chi connectivity index (χ0n) is 34.2.